The standard InChI is InChI=1S/C13H9BrN2O4/c14-9-2-1-3-10(7-9)15-11-5-4-8(13(17)18)6-12(11)16(19)20/h1-7,15H,(H,17,18). The second-order valence-electron chi connectivity index (χ2n) is 3.93. The molecule has 2 aromatic rings. The molecule has 0 aliphatic rings. The summed E-state index contributed by atoms with van der Waals surface area (Å²) in [4.78, 5) is 21.2. The van der Waals surface area contributed by atoms with E-state index in [0.29, 0.717) is 5.69 Å². The van der Waals surface area contributed by atoms with E-state index in [1.165, 1.54) is 12.1 Å². The molecule has 102 valence electrons. The second kappa shape index (κ2) is 5.70. The minimum atomic E-state index is -1.21. The maximum atomic E-state index is 11.0. The summed E-state index contributed by atoms with van der Waals surface area (Å²) in [5.41, 5.74) is 0.477. The van der Waals surface area contributed by atoms with Crippen molar-refractivity contribution in [2.24, 2.45) is 0 Å². The van der Waals surface area contributed by atoms with Crippen LogP contribution in [0.4, 0.5) is 17.1 Å². The van der Waals surface area contributed by atoms with Crippen LogP contribution in [0.15, 0.2) is 46.9 Å². The molecular formula is C13H9BrN2O4. The van der Waals surface area contributed by atoms with Crippen molar-refractivity contribution < 1.29 is 14.8 Å². The van der Waals surface area contributed by atoms with E-state index in [1.807, 2.05) is 6.07 Å². The lowest BCUT2D eigenvalue weighted by molar-refractivity contribution is -0.383. The summed E-state index contributed by atoms with van der Waals surface area (Å²) >= 11 is 3.30. The SMILES string of the molecule is O=C(O)c1ccc(Nc2cccc(Br)c2)c([N+](=O)[O-])c1. The number of nitrogens with one attached hydrogen (secondary N) is 1. The number of nitrogens with zero attached hydrogens (tertiary/aromatic N) is 1. The molecule has 0 aliphatic carbocycles. The van der Waals surface area contributed by atoms with E-state index in [4.69, 9.17) is 5.11 Å². The van der Waals surface area contributed by atoms with Gasteiger partial charge in [-0.25, -0.2) is 4.79 Å². The summed E-state index contributed by atoms with van der Waals surface area (Å²) in [5, 5.41) is 22.8. The van der Waals surface area contributed by atoms with Gasteiger partial charge >= 0.3 is 5.97 Å². The van der Waals surface area contributed by atoms with E-state index in [2.05, 4.69) is 21.2 Å². The number of carbonyl (C=O) groups is 1. The summed E-state index contributed by atoms with van der Waals surface area (Å²) < 4.78 is 0.826. The van der Waals surface area contributed by atoms with Gasteiger partial charge in [0.05, 0.1) is 10.5 Å². The maximum Gasteiger partial charge on any atom is 0.335 e. The van der Waals surface area contributed by atoms with Crippen LogP contribution in [0.2, 0.25) is 0 Å². The quantitative estimate of drug-likeness (QED) is 0.654. The average Bonchev–Trinajstić information content (AvgIpc) is 2.38. The molecule has 0 aliphatic heterocycles. The van der Waals surface area contributed by atoms with Gasteiger partial charge in [-0.3, -0.25) is 10.1 Å². The van der Waals surface area contributed by atoms with Gasteiger partial charge < -0.3 is 10.4 Å². The molecule has 0 atom stereocenters. The van der Waals surface area contributed by atoms with Crippen molar-refractivity contribution in [3.05, 3.63) is 62.6 Å². The zero-order chi connectivity index (χ0) is 14.7. The van der Waals surface area contributed by atoms with Crippen LogP contribution in [0.5, 0.6) is 0 Å². The fourth-order valence-corrected chi connectivity index (χ4v) is 2.04. The Bertz CT molecular complexity index is 688. The molecular weight excluding hydrogens is 328 g/mol. The third-order valence-electron chi connectivity index (χ3n) is 2.55. The fourth-order valence-electron chi connectivity index (χ4n) is 1.64. The maximum absolute atomic E-state index is 11.0. The molecule has 0 spiro atoms. The van der Waals surface area contributed by atoms with Crippen LogP contribution in [0.1, 0.15) is 10.4 Å². The normalized spacial score (nSPS) is 10.1. The number of carboxylic acid groups (broad SMARTS) is 1. The highest BCUT2D eigenvalue weighted by Gasteiger charge is 2.17. The molecule has 20 heavy (non-hydrogen) atoms. The Balaban J connectivity index is 2.41. The molecule has 2 N–H and O–H groups in total. The van der Waals surface area contributed by atoms with Crippen LogP contribution < -0.4 is 5.32 Å². The number of carboxylic acids is 1. The van der Waals surface area contributed by atoms with Gasteiger partial charge in [-0.15, -0.1) is 0 Å². The van der Waals surface area contributed by atoms with Crippen molar-refractivity contribution in [1.29, 1.82) is 0 Å². The van der Waals surface area contributed by atoms with Crippen molar-refractivity contribution in [3.63, 3.8) is 0 Å². The molecule has 0 fully saturated rings. The van der Waals surface area contributed by atoms with E-state index in [-0.39, 0.29) is 16.9 Å². The van der Waals surface area contributed by atoms with Crippen LogP contribution in [-0.4, -0.2) is 16.0 Å². The van der Waals surface area contributed by atoms with Crippen LogP contribution in [0.25, 0.3) is 0 Å². The lowest BCUT2D eigenvalue weighted by Crippen LogP contribution is -2.01. The molecule has 0 amide bonds. The Labute approximate surface area is 122 Å². The molecule has 0 saturated heterocycles. The van der Waals surface area contributed by atoms with Crippen LogP contribution in [0, 0.1) is 10.1 Å². The number of nitro groups is 1. The number of hydrogen-bond donors (Lipinski definition) is 2. The molecule has 2 aromatic carbocycles. The van der Waals surface area contributed by atoms with E-state index in [0.717, 1.165) is 10.5 Å². The van der Waals surface area contributed by atoms with Gasteiger partial charge in [0.25, 0.3) is 5.69 Å². The largest absolute Gasteiger partial charge is 0.478 e. The number of nitro benzene ring substituents is 1. The van der Waals surface area contributed by atoms with Gasteiger partial charge in [0, 0.05) is 16.2 Å². The molecule has 0 heterocycles. The first-order chi connectivity index (χ1) is 9.47. The topological polar surface area (TPSA) is 92.5 Å². The molecule has 0 aromatic heterocycles. The number of hydrogen-bond acceptors (Lipinski definition) is 4. The lowest BCUT2D eigenvalue weighted by Gasteiger charge is -2.08. The van der Waals surface area contributed by atoms with E-state index in [9.17, 15) is 14.9 Å². The van der Waals surface area contributed by atoms with E-state index in [1.54, 1.807) is 18.2 Å². The van der Waals surface area contributed by atoms with Gasteiger partial charge in [-0.2, -0.15) is 0 Å². The minimum Gasteiger partial charge on any atom is -0.478 e. The zero-order valence-corrected chi connectivity index (χ0v) is 11.6. The second-order valence-corrected chi connectivity index (χ2v) is 4.85. The Hall–Kier alpha value is -2.41. The van der Waals surface area contributed by atoms with Crippen molar-refractivity contribution in [1.82, 2.24) is 0 Å². The number of anilines is 2. The third-order valence-corrected chi connectivity index (χ3v) is 3.04. The van der Waals surface area contributed by atoms with Gasteiger partial charge in [-0.1, -0.05) is 22.0 Å². The van der Waals surface area contributed by atoms with Crippen molar-refractivity contribution in [3.8, 4) is 0 Å². The summed E-state index contributed by atoms with van der Waals surface area (Å²) in [6.07, 6.45) is 0. The van der Waals surface area contributed by atoms with Crippen molar-refractivity contribution >= 4 is 39.0 Å². The highest BCUT2D eigenvalue weighted by Crippen LogP contribution is 2.29. The summed E-state index contributed by atoms with van der Waals surface area (Å²) in [7, 11) is 0. The number of aromatic carboxylic acids is 1. The number of benzene rings is 2. The van der Waals surface area contributed by atoms with Crippen LogP contribution in [0.3, 0.4) is 0 Å². The number of halogens is 1. The highest BCUT2D eigenvalue weighted by molar-refractivity contribution is 9.10. The molecule has 0 bridgehead atoms. The van der Waals surface area contributed by atoms with Gasteiger partial charge in [0.15, 0.2) is 0 Å². The first-order valence-corrected chi connectivity index (χ1v) is 6.31. The molecule has 0 saturated carbocycles. The fraction of sp³-hybridized carbons (Fsp3) is 0. The third kappa shape index (κ3) is 3.12. The Kier molecular flexibility index (Phi) is 3.99. The van der Waals surface area contributed by atoms with Crippen molar-refractivity contribution in [2.45, 2.75) is 0 Å². The Morgan fingerprint density at radius 2 is 2.00 bits per heavy atom. The first kappa shape index (κ1) is 14.0. The Morgan fingerprint density at radius 3 is 2.60 bits per heavy atom. The smallest absolute Gasteiger partial charge is 0.335 e. The number of rotatable bonds is 4. The average molecular weight is 337 g/mol. The summed E-state index contributed by atoms with van der Waals surface area (Å²) in [6.45, 7) is 0. The van der Waals surface area contributed by atoms with Crippen molar-refractivity contribution in [2.75, 3.05) is 5.32 Å². The summed E-state index contributed by atoms with van der Waals surface area (Å²) in [6, 6.07) is 10.8. The zero-order valence-electron chi connectivity index (χ0n) is 10.0. The van der Waals surface area contributed by atoms with Gasteiger partial charge in [0.1, 0.15) is 5.69 Å². The predicted octanol–water partition coefficient (Wildman–Crippen LogP) is 3.80. The highest BCUT2D eigenvalue weighted by atomic mass is 79.9. The molecule has 0 radical (unpaired) electrons. The predicted molar refractivity (Wildman–Crippen MR) is 77.5 cm³/mol. The molecule has 0 unspecified atom stereocenters. The molecule has 7 heteroatoms. The molecule has 2 rings (SSSR count). The molecule has 6 nitrogen and oxygen atoms in total. The van der Waals surface area contributed by atoms with Gasteiger partial charge in [0.2, 0.25) is 0 Å². The van der Waals surface area contributed by atoms with E-state index >= 15 is 0 Å². The monoisotopic (exact) mass is 336 g/mol. The summed E-state index contributed by atoms with van der Waals surface area (Å²) in [5.74, 6) is -1.21. The van der Waals surface area contributed by atoms with Crippen LogP contribution >= 0.6 is 15.9 Å². The Morgan fingerprint density at radius 1 is 1.25 bits per heavy atom. The van der Waals surface area contributed by atoms with Gasteiger partial charge in [-0.05, 0) is 30.3 Å². The lowest BCUT2D eigenvalue weighted by atomic mass is 10.1. The minimum absolute atomic E-state index is 0.128. The van der Waals surface area contributed by atoms with Crippen LogP contribution in [-0.2, 0) is 0 Å². The first-order valence-electron chi connectivity index (χ1n) is 5.51. The van der Waals surface area contributed by atoms with E-state index < -0.39 is 10.9 Å².